The number of nitrogens with zero attached hydrogens (tertiary/aromatic N) is 3. The van der Waals surface area contributed by atoms with Crippen LogP contribution in [-0.4, -0.2) is 46.8 Å². The molecule has 2 rings (SSSR count). The minimum Gasteiger partial charge on any atom is -0.336 e. The van der Waals surface area contributed by atoms with Gasteiger partial charge in [-0.25, -0.2) is 0 Å². The van der Waals surface area contributed by atoms with Gasteiger partial charge in [0.25, 0.3) is 5.91 Å². The van der Waals surface area contributed by atoms with Crippen LogP contribution in [0.1, 0.15) is 55.7 Å². The molecule has 1 fully saturated rings. The molecule has 6 heteroatoms. The average molecular weight is 315 g/mol. The minimum absolute atomic E-state index is 0. The van der Waals surface area contributed by atoms with Crippen molar-refractivity contribution in [3.05, 3.63) is 17.5 Å². The van der Waals surface area contributed by atoms with E-state index in [9.17, 15) is 4.79 Å². The average Bonchev–Trinajstić information content (AvgIpc) is 2.91. The van der Waals surface area contributed by atoms with E-state index in [1.54, 1.807) is 0 Å². The third kappa shape index (κ3) is 3.98. The van der Waals surface area contributed by atoms with E-state index in [1.807, 2.05) is 29.6 Å². The van der Waals surface area contributed by atoms with Gasteiger partial charge >= 0.3 is 0 Å². The van der Waals surface area contributed by atoms with Gasteiger partial charge in [-0.2, -0.15) is 5.10 Å². The van der Waals surface area contributed by atoms with Crippen molar-refractivity contribution in [1.29, 1.82) is 0 Å². The van der Waals surface area contributed by atoms with Gasteiger partial charge < -0.3 is 10.2 Å². The summed E-state index contributed by atoms with van der Waals surface area (Å²) in [6.07, 6.45) is 2.21. The summed E-state index contributed by atoms with van der Waals surface area (Å²) in [6.45, 7) is 8.62. The smallest absolute Gasteiger partial charge is 0.272 e. The molecule has 0 aromatic carbocycles. The van der Waals surface area contributed by atoms with Crippen LogP contribution in [-0.2, 0) is 6.54 Å². The van der Waals surface area contributed by atoms with Crippen LogP contribution in [0.3, 0.4) is 0 Å². The van der Waals surface area contributed by atoms with E-state index in [2.05, 4.69) is 24.3 Å². The van der Waals surface area contributed by atoms with Gasteiger partial charge in [0.15, 0.2) is 0 Å². The first-order chi connectivity index (χ1) is 9.56. The van der Waals surface area contributed by atoms with E-state index in [0.29, 0.717) is 12.0 Å². The van der Waals surface area contributed by atoms with E-state index in [-0.39, 0.29) is 18.3 Å². The van der Waals surface area contributed by atoms with E-state index < -0.39 is 0 Å². The molecule has 0 spiro atoms. The molecule has 21 heavy (non-hydrogen) atoms. The Balaban J connectivity index is 0.00000220. The molecule has 1 aliphatic heterocycles. The number of aromatic nitrogens is 2. The molecule has 1 aromatic heterocycles. The van der Waals surface area contributed by atoms with Crippen LogP contribution in [0.15, 0.2) is 6.07 Å². The highest BCUT2D eigenvalue weighted by Gasteiger charge is 2.26. The van der Waals surface area contributed by atoms with E-state index in [4.69, 9.17) is 0 Å². The quantitative estimate of drug-likeness (QED) is 0.927. The molecule has 1 aromatic rings. The standard InChI is InChI=1S/C15H26N4O.ClH/c1-5-19-14(9-13(17-19)11(2)3)15(20)18-8-6-7-12(10-18)16-4;/h9,11-12,16H,5-8,10H2,1-4H3;1H. The Morgan fingerprint density at radius 3 is 2.81 bits per heavy atom. The molecule has 1 atom stereocenters. The van der Waals surface area contributed by atoms with Crippen LogP contribution in [0.25, 0.3) is 0 Å². The van der Waals surface area contributed by atoms with Crippen molar-refractivity contribution in [2.24, 2.45) is 0 Å². The van der Waals surface area contributed by atoms with Crippen molar-refractivity contribution < 1.29 is 4.79 Å². The van der Waals surface area contributed by atoms with Crippen LogP contribution >= 0.6 is 12.4 Å². The lowest BCUT2D eigenvalue weighted by Gasteiger charge is -2.32. The molecule has 0 aliphatic carbocycles. The lowest BCUT2D eigenvalue weighted by Crippen LogP contribution is -2.47. The number of halogens is 1. The fourth-order valence-electron chi connectivity index (χ4n) is 2.69. The summed E-state index contributed by atoms with van der Waals surface area (Å²) in [5.41, 5.74) is 1.73. The van der Waals surface area contributed by atoms with Crippen LogP contribution in [0.4, 0.5) is 0 Å². The molecule has 1 aliphatic rings. The number of rotatable bonds is 4. The van der Waals surface area contributed by atoms with Crippen molar-refractivity contribution in [3.63, 3.8) is 0 Å². The zero-order valence-electron chi connectivity index (χ0n) is 13.4. The number of piperidine rings is 1. The van der Waals surface area contributed by atoms with Gasteiger partial charge in [0.05, 0.1) is 5.69 Å². The Bertz CT molecular complexity index is 472. The Morgan fingerprint density at radius 1 is 1.52 bits per heavy atom. The third-order valence-electron chi connectivity index (χ3n) is 4.03. The van der Waals surface area contributed by atoms with Gasteiger partial charge in [-0.15, -0.1) is 12.4 Å². The van der Waals surface area contributed by atoms with E-state index >= 15 is 0 Å². The Labute approximate surface area is 133 Å². The minimum atomic E-state index is 0. The Kier molecular flexibility index (Phi) is 6.68. The lowest BCUT2D eigenvalue weighted by atomic mass is 10.1. The highest BCUT2D eigenvalue weighted by molar-refractivity contribution is 5.92. The molecular weight excluding hydrogens is 288 g/mol. The largest absolute Gasteiger partial charge is 0.336 e. The first kappa shape index (κ1) is 18.0. The highest BCUT2D eigenvalue weighted by atomic mass is 35.5. The van der Waals surface area contributed by atoms with Crippen molar-refractivity contribution in [1.82, 2.24) is 20.0 Å². The molecule has 5 nitrogen and oxygen atoms in total. The summed E-state index contributed by atoms with van der Waals surface area (Å²) in [5.74, 6) is 0.465. The molecular formula is C15H27ClN4O. The number of carbonyl (C=O) groups is 1. The van der Waals surface area contributed by atoms with Crippen molar-refractivity contribution in [2.45, 2.75) is 52.1 Å². The number of hydrogen-bond donors (Lipinski definition) is 1. The highest BCUT2D eigenvalue weighted by Crippen LogP contribution is 2.18. The summed E-state index contributed by atoms with van der Waals surface area (Å²) in [7, 11) is 1.96. The maximum atomic E-state index is 12.7. The monoisotopic (exact) mass is 314 g/mol. The van der Waals surface area contributed by atoms with Gasteiger partial charge in [0.1, 0.15) is 5.69 Å². The molecule has 1 unspecified atom stereocenters. The van der Waals surface area contributed by atoms with E-state index in [1.165, 1.54) is 0 Å². The first-order valence-corrected chi connectivity index (χ1v) is 7.61. The second-order valence-corrected chi connectivity index (χ2v) is 5.80. The molecule has 1 N–H and O–H groups in total. The summed E-state index contributed by atoms with van der Waals surface area (Å²) >= 11 is 0. The van der Waals surface area contributed by atoms with Crippen molar-refractivity contribution in [3.8, 4) is 0 Å². The molecule has 0 saturated carbocycles. The lowest BCUT2D eigenvalue weighted by molar-refractivity contribution is 0.0685. The predicted octanol–water partition coefficient (Wildman–Crippen LogP) is 2.27. The second-order valence-electron chi connectivity index (χ2n) is 5.80. The van der Waals surface area contributed by atoms with Crippen LogP contribution in [0.2, 0.25) is 0 Å². The van der Waals surface area contributed by atoms with Gasteiger partial charge in [-0.05, 0) is 38.8 Å². The van der Waals surface area contributed by atoms with Crippen LogP contribution < -0.4 is 5.32 Å². The first-order valence-electron chi connectivity index (χ1n) is 7.61. The summed E-state index contributed by atoms with van der Waals surface area (Å²) in [5, 5.41) is 7.81. The zero-order valence-corrected chi connectivity index (χ0v) is 14.2. The fraction of sp³-hybridized carbons (Fsp3) is 0.733. The molecule has 1 saturated heterocycles. The third-order valence-corrected chi connectivity index (χ3v) is 4.03. The molecule has 0 bridgehead atoms. The van der Waals surface area contributed by atoms with E-state index in [0.717, 1.165) is 43.9 Å². The van der Waals surface area contributed by atoms with Crippen LogP contribution in [0, 0.1) is 0 Å². The second kappa shape index (κ2) is 7.80. The topological polar surface area (TPSA) is 50.2 Å². The fourth-order valence-corrected chi connectivity index (χ4v) is 2.69. The zero-order chi connectivity index (χ0) is 14.7. The predicted molar refractivity (Wildman–Crippen MR) is 87.2 cm³/mol. The number of aryl methyl sites for hydroxylation is 1. The van der Waals surface area contributed by atoms with Crippen LogP contribution in [0.5, 0.6) is 0 Å². The number of likely N-dealkylation sites (N-methyl/N-ethyl adjacent to an activating group) is 1. The van der Waals surface area contributed by atoms with Crippen molar-refractivity contribution in [2.75, 3.05) is 20.1 Å². The number of hydrogen-bond acceptors (Lipinski definition) is 3. The summed E-state index contributed by atoms with van der Waals surface area (Å²) in [6, 6.07) is 2.37. The maximum Gasteiger partial charge on any atom is 0.272 e. The maximum absolute atomic E-state index is 12.7. The van der Waals surface area contributed by atoms with Gasteiger partial charge in [0, 0.05) is 25.7 Å². The summed E-state index contributed by atoms with van der Waals surface area (Å²) in [4.78, 5) is 14.7. The van der Waals surface area contributed by atoms with Gasteiger partial charge in [0.2, 0.25) is 0 Å². The SMILES string of the molecule is CCn1nc(C(C)C)cc1C(=O)N1CCCC(NC)C1.Cl. The number of carbonyl (C=O) groups excluding carboxylic acids is 1. The molecule has 120 valence electrons. The summed E-state index contributed by atoms with van der Waals surface area (Å²) < 4.78 is 1.83. The molecule has 0 radical (unpaired) electrons. The Morgan fingerprint density at radius 2 is 2.24 bits per heavy atom. The Hall–Kier alpha value is -1.07. The molecule has 2 heterocycles. The number of amides is 1. The van der Waals surface area contributed by atoms with Gasteiger partial charge in [-0.1, -0.05) is 13.8 Å². The molecule has 1 amide bonds. The van der Waals surface area contributed by atoms with Crippen molar-refractivity contribution >= 4 is 18.3 Å². The normalized spacial score (nSPS) is 18.7. The van der Waals surface area contributed by atoms with Gasteiger partial charge in [-0.3, -0.25) is 9.48 Å². The number of likely N-dealkylation sites (tertiary alicyclic amines) is 1. The number of nitrogens with one attached hydrogen (secondary N) is 1.